The standard InChI is InChI=1S/C17H24ClN3O3/c1-12-8-21(9-13(2)24-12)17(23)11-20(3)10-16(22)19-15-6-4-14(18)5-7-15/h4-7,12-13H,8-11H2,1-3H3,(H,19,22)/p+1/t12-,13-/m1/s1. The number of rotatable bonds is 5. The van der Waals surface area contributed by atoms with Crippen LogP contribution in [0.2, 0.25) is 5.02 Å². The summed E-state index contributed by atoms with van der Waals surface area (Å²) < 4.78 is 5.64. The van der Waals surface area contributed by atoms with Crippen molar-refractivity contribution in [1.29, 1.82) is 0 Å². The van der Waals surface area contributed by atoms with E-state index in [-0.39, 0.29) is 37.1 Å². The lowest BCUT2D eigenvalue weighted by molar-refractivity contribution is -0.862. The van der Waals surface area contributed by atoms with Crippen molar-refractivity contribution in [2.24, 2.45) is 0 Å². The Labute approximate surface area is 147 Å². The number of nitrogens with zero attached hydrogens (tertiary/aromatic N) is 1. The molecular weight excluding hydrogens is 330 g/mol. The maximum absolute atomic E-state index is 12.4. The van der Waals surface area contributed by atoms with Gasteiger partial charge in [-0.15, -0.1) is 0 Å². The summed E-state index contributed by atoms with van der Waals surface area (Å²) in [7, 11) is 1.84. The minimum Gasteiger partial charge on any atom is -0.372 e. The van der Waals surface area contributed by atoms with Crippen LogP contribution in [0.15, 0.2) is 24.3 Å². The Kier molecular flexibility index (Phi) is 6.60. The molecule has 1 saturated heterocycles. The maximum Gasteiger partial charge on any atom is 0.279 e. The fourth-order valence-electron chi connectivity index (χ4n) is 2.83. The van der Waals surface area contributed by atoms with Crippen LogP contribution < -0.4 is 10.2 Å². The summed E-state index contributed by atoms with van der Waals surface area (Å²) in [5, 5.41) is 3.42. The smallest absolute Gasteiger partial charge is 0.279 e. The molecule has 2 rings (SSSR count). The minimum atomic E-state index is -0.133. The van der Waals surface area contributed by atoms with Gasteiger partial charge in [0.05, 0.1) is 19.3 Å². The Morgan fingerprint density at radius 2 is 1.79 bits per heavy atom. The van der Waals surface area contributed by atoms with Crippen molar-refractivity contribution in [2.45, 2.75) is 26.1 Å². The number of amides is 2. The van der Waals surface area contributed by atoms with Gasteiger partial charge in [0, 0.05) is 23.8 Å². The van der Waals surface area contributed by atoms with E-state index in [1.807, 2.05) is 25.8 Å². The number of carbonyl (C=O) groups excluding carboxylic acids is 2. The van der Waals surface area contributed by atoms with Gasteiger partial charge in [-0.05, 0) is 38.1 Å². The van der Waals surface area contributed by atoms with Gasteiger partial charge in [-0.25, -0.2) is 0 Å². The van der Waals surface area contributed by atoms with Crippen molar-refractivity contribution in [2.75, 3.05) is 38.5 Å². The van der Waals surface area contributed by atoms with Gasteiger partial charge in [0.25, 0.3) is 11.8 Å². The average Bonchev–Trinajstić information content (AvgIpc) is 2.48. The number of benzene rings is 1. The van der Waals surface area contributed by atoms with E-state index < -0.39 is 0 Å². The zero-order valence-electron chi connectivity index (χ0n) is 14.3. The lowest BCUT2D eigenvalue weighted by Gasteiger charge is -2.35. The Balaban J connectivity index is 1.79. The zero-order valence-corrected chi connectivity index (χ0v) is 15.1. The summed E-state index contributed by atoms with van der Waals surface area (Å²) in [5.41, 5.74) is 0.694. The summed E-state index contributed by atoms with van der Waals surface area (Å²) in [4.78, 5) is 27.1. The van der Waals surface area contributed by atoms with Crippen LogP contribution in [0.3, 0.4) is 0 Å². The van der Waals surface area contributed by atoms with E-state index >= 15 is 0 Å². The summed E-state index contributed by atoms with van der Waals surface area (Å²) >= 11 is 5.82. The lowest BCUT2D eigenvalue weighted by atomic mass is 10.2. The summed E-state index contributed by atoms with van der Waals surface area (Å²) in [5.74, 6) is -0.0832. The van der Waals surface area contributed by atoms with Gasteiger partial charge in [-0.2, -0.15) is 0 Å². The van der Waals surface area contributed by atoms with Gasteiger partial charge in [0.2, 0.25) is 0 Å². The number of halogens is 1. The highest BCUT2D eigenvalue weighted by atomic mass is 35.5. The predicted molar refractivity (Wildman–Crippen MR) is 93.3 cm³/mol. The SMILES string of the molecule is C[C@@H]1CN(C(=O)C[NH+](C)CC(=O)Nc2ccc(Cl)cc2)C[C@@H](C)O1. The second kappa shape index (κ2) is 8.46. The molecule has 0 radical (unpaired) electrons. The van der Waals surface area contributed by atoms with Crippen molar-refractivity contribution in [1.82, 2.24) is 4.90 Å². The molecule has 0 aliphatic carbocycles. The number of ether oxygens (including phenoxy) is 1. The average molecular weight is 355 g/mol. The van der Waals surface area contributed by atoms with Gasteiger partial charge >= 0.3 is 0 Å². The molecule has 1 heterocycles. The highest BCUT2D eigenvalue weighted by Gasteiger charge is 2.27. The Morgan fingerprint density at radius 3 is 2.38 bits per heavy atom. The molecule has 3 atom stereocenters. The molecule has 6 nitrogen and oxygen atoms in total. The van der Waals surface area contributed by atoms with E-state index in [4.69, 9.17) is 16.3 Å². The predicted octanol–water partition coefficient (Wildman–Crippen LogP) is 0.429. The second-order valence-corrected chi connectivity index (χ2v) is 6.86. The molecular formula is C17H25ClN3O3+. The normalized spacial score (nSPS) is 22.1. The van der Waals surface area contributed by atoms with Crippen LogP contribution in [0.5, 0.6) is 0 Å². The molecule has 1 aliphatic rings. The van der Waals surface area contributed by atoms with Crippen molar-refractivity contribution in [3.63, 3.8) is 0 Å². The number of carbonyl (C=O) groups is 2. The summed E-state index contributed by atoms with van der Waals surface area (Å²) in [6.45, 7) is 5.65. The molecule has 2 N–H and O–H groups in total. The summed E-state index contributed by atoms with van der Waals surface area (Å²) in [6, 6.07) is 6.94. The van der Waals surface area contributed by atoms with E-state index in [9.17, 15) is 9.59 Å². The first-order chi connectivity index (χ1) is 11.3. The molecule has 0 spiro atoms. The third kappa shape index (κ3) is 5.78. The Hall–Kier alpha value is -1.63. The minimum absolute atomic E-state index is 0.0474. The quantitative estimate of drug-likeness (QED) is 0.806. The molecule has 1 aliphatic heterocycles. The first kappa shape index (κ1) is 18.7. The molecule has 0 aromatic heterocycles. The molecule has 7 heteroatoms. The van der Waals surface area contributed by atoms with Crippen LogP contribution in [-0.4, -0.2) is 62.1 Å². The third-order valence-electron chi connectivity index (χ3n) is 3.82. The van der Waals surface area contributed by atoms with Gasteiger partial charge in [-0.1, -0.05) is 11.6 Å². The zero-order chi connectivity index (χ0) is 17.7. The van der Waals surface area contributed by atoms with E-state index in [0.717, 1.165) is 4.90 Å². The van der Waals surface area contributed by atoms with Gasteiger partial charge in [0.15, 0.2) is 13.1 Å². The number of likely N-dealkylation sites (N-methyl/N-ethyl adjacent to an activating group) is 1. The summed E-state index contributed by atoms with van der Waals surface area (Å²) in [6.07, 6.45) is 0.0948. The van der Waals surface area contributed by atoms with E-state index in [0.29, 0.717) is 23.8 Å². The molecule has 1 unspecified atom stereocenters. The Bertz CT molecular complexity index is 569. The van der Waals surface area contributed by atoms with Crippen LogP contribution in [0.1, 0.15) is 13.8 Å². The van der Waals surface area contributed by atoms with Crippen LogP contribution in [0.4, 0.5) is 5.69 Å². The molecule has 0 saturated carbocycles. The first-order valence-electron chi connectivity index (χ1n) is 8.13. The monoisotopic (exact) mass is 354 g/mol. The second-order valence-electron chi connectivity index (χ2n) is 6.42. The number of hydrogen-bond donors (Lipinski definition) is 2. The molecule has 1 aromatic rings. The van der Waals surface area contributed by atoms with Gasteiger partial charge in [-0.3, -0.25) is 9.59 Å². The first-order valence-corrected chi connectivity index (χ1v) is 8.51. The number of quaternary nitrogens is 1. The largest absolute Gasteiger partial charge is 0.372 e. The van der Waals surface area contributed by atoms with Gasteiger partial charge in [0.1, 0.15) is 0 Å². The molecule has 132 valence electrons. The molecule has 1 fully saturated rings. The highest BCUT2D eigenvalue weighted by Crippen LogP contribution is 2.13. The van der Waals surface area contributed by atoms with E-state index in [1.165, 1.54) is 0 Å². The molecule has 1 aromatic carbocycles. The number of nitrogens with one attached hydrogen (secondary N) is 2. The van der Waals surface area contributed by atoms with Crippen LogP contribution >= 0.6 is 11.6 Å². The highest BCUT2D eigenvalue weighted by molar-refractivity contribution is 6.30. The molecule has 24 heavy (non-hydrogen) atoms. The fraction of sp³-hybridized carbons (Fsp3) is 0.529. The maximum atomic E-state index is 12.4. The van der Waals surface area contributed by atoms with Crippen molar-refractivity contribution in [3.05, 3.63) is 29.3 Å². The van der Waals surface area contributed by atoms with Crippen LogP contribution in [-0.2, 0) is 14.3 Å². The molecule has 2 amide bonds. The third-order valence-corrected chi connectivity index (χ3v) is 4.07. The van der Waals surface area contributed by atoms with Crippen molar-refractivity contribution >= 4 is 29.1 Å². The van der Waals surface area contributed by atoms with E-state index in [1.54, 1.807) is 24.3 Å². The van der Waals surface area contributed by atoms with Crippen molar-refractivity contribution < 1.29 is 19.2 Å². The number of morpholine rings is 1. The topological polar surface area (TPSA) is 63.1 Å². The number of anilines is 1. The van der Waals surface area contributed by atoms with E-state index in [2.05, 4.69) is 5.32 Å². The fourth-order valence-corrected chi connectivity index (χ4v) is 2.95. The number of hydrogen-bond acceptors (Lipinski definition) is 3. The lowest BCUT2D eigenvalue weighted by Crippen LogP contribution is -3.11. The molecule has 0 bridgehead atoms. The van der Waals surface area contributed by atoms with Crippen LogP contribution in [0, 0.1) is 0 Å². The van der Waals surface area contributed by atoms with Gasteiger partial charge < -0.3 is 19.9 Å². The Morgan fingerprint density at radius 1 is 1.21 bits per heavy atom. The van der Waals surface area contributed by atoms with Crippen LogP contribution in [0.25, 0.3) is 0 Å². The van der Waals surface area contributed by atoms with Crippen molar-refractivity contribution in [3.8, 4) is 0 Å².